The molecule has 0 aromatic carbocycles. The second-order valence-corrected chi connectivity index (χ2v) is 5.07. The van der Waals surface area contributed by atoms with Gasteiger partial charge in [-0.2, -0.15) is 11.3 Å². The summed E-state index contributed by atoms with van der Waals surface area (Å²) in [5.41, 5.74) is 6.01. The summed E-state index contributed by atoms with van der Waals surface area (Å²) in [4.78, 5) is 11.7. The molecule has 0 spiro atoms. The topological polar surface area (TPSA) is 75.4 Å². The maximum absolute atomic E-state index is 11.7. The lowest BCUT2D eigenvalue weighted by atomic mass is 9.77. The summed E-state index contributed by atoms with van der Waals surface area (Å²) < 4.78 is 0. The van der Waals surface area contributed by atoms with Crippen LogP contribution in [0.25, 0.3) is 0 Å². The Bertz CT molecular complexity index is 360. The Balaban J connectivity index is 1.81. The van der Waals surface area contributed by atoms with E-state index in [1.165, 1.54) is 11.3 Å². The number of hydrogen-bond donors (Lipinski definition) is 3. The molecule has 1 amide bonds. The van der Waals surface area contributed by atoms with E-state index in [0.29, 0.717) is 0 Å². The first-order valence-electron chi connectivity index (χ1n) is 5.39. The highest BCUT2D eigenvalue weighted by molar-refractivity contribution is 7.07. The molecule has 1 aromatic rings. The Morgan fingerprint density at radius 3 is 2.94 bits per heavy atom. The van der Waals surface area contributed by atoms with Crippen molar-refractivity contribution in [2.75, 3.05) is 6.54 Å². The molecule has 1 atom stereocenters. The van der Waals surface area contributed by atoms with Crippen LogP contribution >= 0.6 is 11.3 Å². The second-order valence-electron chi connectivity index (χ2n) is 4.29. The van der Waals surface area contributed by atoms with Crippen LogP contribution in [-0.2, 0) is 4.79 Å². The molecular weight excluding hydrogens is 224 g/mol. The highest BCUT2D eigenvalue weighted by Crippen LogP contribution is 2.29. The standard InChI is InChI=1S/C11H16N2O2S/c12-11(3-1-4-11)10(15)13-6-9(14)8-2-5-16-7-8/h2,5,7,9,14H,1,3-4,6,12H2,(H,13,15). The maximum atomic E-state index is 11.7. The Kier molecular flexibility index (Phi) is 3.28. The fraction of sp³-hybridized carbons (Fsp3) is 0.545. The molecular formula is C11H16N2O2S. The van der Waals surface area contributed by atoms with Crippen molar-refractivity contribution in [2.24, 2.45) is 5.73 Å². The zero-order valence-corrected chi connectivity index (χ0v) is 9.80. The first-order chi connectivity index (χ1) is 7.62. The van der Waals surface area contributed by atoms with Gasteiger partial charge in [0, 0.05) is 6.54 Å². The molecule has 2 rings (SSSR count). The van der Waals surface area contributed by atoms with Gasteiger partial charge in [-0.05, 0) is 41.7 Å². The van der Waals surface area contributed by atoms with Crippen molar-refractivity contribution in [2.45, 2.75) is 30.9 Å². The lowest BCUT2D eigenvalue weighted by molar-refractivity contribution is -0.129. The summed E-state index contributed by atoms with van der Waals surface area (Å²) in [7, 11) is 0. The number of amides is 1. The zero-order chi connectivity index (χ0) is 11.6. The van der Waals surface area contributed by atoms with E-state index in [9.17, 15) is 9.90 Å². The fourth-order valence-electron chi connectivity index (χ4n) is 1.73. The van der Waals surface area contributed by atoms with E-state index in [0.717, 1.165) is 24.8 Å². The molecule has 4 nitrogen and oxygen atoms in total. The monoisotopic (exact) mass is 240 g/mol. The molecule has 1 saturated carbocycles. The van der Waals surface area contributed by atoms with Gasteiger partial charge in [-0.15, -0.1) is 0 Å². The Labute approximate surface area is 98.5 Å². The number of hydrogen-bond acceptors (Lipinski definition) is 4. The van der Waals surface area contributed by atoms with Gasteiger partial charge in [-0.3, -0.25) is 4.79 Å². The van der Waals surface area contributed by atoms with Crippen molar-refractivity contribution in [1.29, 1.82) is 0 Å². The van der Waals surface area contributed by atoms with E-state index in [1.807, 2.05) is 16.8 Å². The number of nitrogens with one attached hydrogen (secondary N) is 1. The highest BCUT2D eigenvalue weighted by Gasteiger charge is 2.39. The summed E-state index contributed by atoms with van der Waals surface area (Å²) in [6.45, 7) is 0.231. The summed E-state index contributed by atoms with van der Waals surface area (Å²) in [5, 5.41) is 16.2. The Morgan fingerprint density at radius 2 is 2.44 bits per heavy atom. The van der Waals surface area contributed by atoms with E-state index < -0.39 is 11.6 Å². The minimum Gasteiger partial charge on any atom is -0.387 e. The zero-order valence-electron chi connectivity index (χ0n) is 8.98. The lowest BCUT2D eigenvalue weighted by Crippen LogP contribution is -2.58. The van der Waals surface area contributed by atoms with Crippen LogP contribution in [0, 0.1) is 0 Å². The van der Waals surface area contributed by atoms with Gasteiger partial charge in [0.15, 0.2) is 0 Å². The van der Waals surface area contributed by atoms with Crippen LogP contribution in [0.2, 0.25) is 0 Å². The van der Waals surface area contributed by atoms with Crippen LogP contribution in [0.1, 0.15) is 30.9 Å². The van der Waals surface area contributed by atoms with Gasteiger partial charge in [-0.25, -0.2) is 0 Å². The van der Waals surface area contributed by atoms with E-state index in [1.54, 1.807) is 0 Å². The molecule has 0 aliphatic heterocycles. The smallest absolute Gasteiger partial charge is 0.240 e. The maximum Gasteiger partial charge on any atom is 0.240 e. The van der Waals surface area contributed by atoms with Crippen molar-refractivity contribution < 1.29 is 9.90 Å². The van der Waals surface area contributed by atoms with Crippen LogP contribution in [0.5, 0.6) is 0 Å². The van der Waals surface area contributed by atoms with Gasteiger partial charge >= 0.3 is 0 Å². The average molecular weight is 240 g/mol. The van der Waals surface area contributed by atoms with Crippen LogP contribution in [0.4, 0.5) is 0 Å². The van der Waals surface area contributed by atoms with Crippen molar-refractivity contribution in [3.8, 4) is 0 Å². The molecule has 1 fully saturated rings. The third-order valence-electron chi connectivity index (χ3n) is 3.08. The molecule has 1 unspecified atom stereocenters. The molecule has 0 bridgehead atoms. The number of thiophene rings is 1. The molecule has 0 radical (unpaired) electrons. The number of aliphatic hydroxyl groups excluding tert-OH is 1. The first-order valence-corrected chi connectivity index (χ1v) is 6.33. The predicted molar refractivity (Wildman–Crippen MR) is 63.1 cm³/mol. The molecule has 0 saturated heterocycles. The number of aliphatic hydroxyl groups is 1. The fourth-order valence-corrected chi connectivity index (χ4v) is 2.44. The van der Waals surface area contributed by atoms with Crippen molar-refractivity contribution in [3.05, 3.63) is 22.4 Å². The number of nitrogens with two attached hydrogens (primary N) is 1. The molecule has 16 heavy (non-hydrogen) atoms. The summed E-state index contributed by atoms with van der Waals surface area (Å²) in [5.74, 6) is -0.145. The minimum absolute atomic E-state index is 0.145. The molecule has 1 heterocycles. The van der Waals surface area contributed by atoms with Gasteiger partial charge in [0.05, 0.1) is 11.6 Å². The van der Waals surface area contributed by atoms with Gasteiger partial charge < -0.3 is 16.2 Å². The Morgan fingerprint density at radius 1 is 1.69 bits per heavy atom. The summed E-state index contributed by atoms with van der Waals surface area (Å²) >= 11 is 1.53. The molecule has 1 aliphatic rings. The van der Waals surface area contributed by atoms with Crippen LogP contribution in [0.15, 0.2) is 16.8 Å². The molecule has 1 aliphatic carbocycles. The van der Waals surface area contributed by atoms with E-state index in [4.69, 9.17) is 5.73 Å². The van der Waals surface area contributed by atoms with Crippen molar-refractivity contribution >= 4 is 17.2 Å². The van der Waals surface area contributed by atoms with E-state index in [2.05, 4.69) is 5.32 Å². The summed E-state index contributed by atoms with van der Waals surface area (Å²) in [6.07, 6.45) is 1.86. The average Bonchev–Trinajstić information content (AvgIpc) is 2.75. The van der Waals surface area contributed by atoms with Gasteiger partial charge in [-0.1, -0.05) is 0 Å². The van der Waals surface area contributed by atoms with Crippen LogP contribution in [-0.4, -0.2) is 23.1 Å². The summed E-state index contributed by atoms with van der Waals surface area (Å²) in [6, 6.07) is 1.85. The largest absolute Gasteiger partial charge is 0.387 e. The van der Waals surface area contributed by atoms with Gasteiger partial charge in [0.1, 0.15) is 0 Å². The third-order valence-corrected chi connectivity index (χ3v) is 3.78. The third kappa shape index (κ3) is 2.26. The van der Waals surface area contributed by atoms with Crippen molar-refractivity contribution in [1.82, 2.24) is 5.32 Å². The van der Waals surface area contributed by atoms with E-state index >= 15 is 0 Å². The second kappa shape index (κ2) is 4.53. The van der Waals surface area contributed by atoms with Crippen LogP contribution in [0.3, 0.4) is 0 Å². The number of carbonyl (C=O) groups is 1. The molecule has 1 aromatic heterocycles. The lowest BCUT2D eigenvalue weighted by Gasteiger charge is -2.36. The quantitative estimate of drug-likeness (QED) is 0.728. The normalized spacial score (nSPS) is 19.9. The number of rotatable bonds is 4. The predicted octanol–water partition coefficient (Wildman–Crippen LogP) is 0.779. The minimum atomic E-state index is -0.686. The van der Waals surface area contributed by atoms with Crippen molar-refractivity contribution in [3.63, 3.8) is 0 Å². The first kappa shape index (κ1) is 11.6. The highest BCUT2D eigenvalue weighted by atomic mass is 32.1. The van der Waals surface area contributed by atoms with Crippen LogP contribution < -0.4 is 11.1 Å². The van der Waals surface area contributed by atoms with Gasteiger partial charge in [0.2, 0.25) is 5.91 Å². The molecule has 4 N–H and O–H groups in total. The Hall–Kier alpha value is -0.910. The van der Waals surface area contributed by atoms with E-state index in [-0.39, 0.29) is 12.5 Å². The number of carbonyl (C=O) groups excluding carboxylic acids is 1. The molecule has 5 heteroatoms. The van der Waals surface area contributed by atoms with Gasteiger partial charge in [0.25, 0.3) is 0 Å². The molecule has 88 valence electrons. The SMILES string of the molecule is NC1(C(=O)NCC(O)c2ccsc2)CCC1.